The fourth-order valence-electron chi connectivity index (χ4n) is 6.79. The number of fused-ring (bicyclic) bond motifs is 1. The van der Waals surface area contributed by atoms with Crippen molar-refractivity contribution >= 4 is 22.8 Å². The largest absolute Gasteiger partial charge is 0.457 e. The molecule has 0 spiro atoms. The normalized spacial score (nSPS) is 21.3. The number of para-hydroxylation sites is 1. The molecular formula is C36H42FN9O2. The van der Waals surface area contributed by atoms with Crippen LogP contribution in [0.5, 0.6) is 11.5 Å². The fraction of sp³-hybridized carbons (Fsp3) is 0.417. The summed E-state index contributed by atoms with van der Waals surface area (Å²) in [6, 6.07) is 16.4. The molecule has 12 heteroatoms. The molecule has 250 valence electrons. The van der Waals surface area contributed by atoms with Crippen molar-refractivity contribution in [3.8, 4) is 28.8 Å². The Morgan fingerprint density at radius 1 is 1.08 bits per heavy atom. The number of nitrogens with zero attached hydrogens (tertiary/aromatic N) is 8. The van der Waals surface area contributed by atoms with Crippen molar-refractivity contribution in [3.63, 3.8) is 0 Å². The van der Waals surface area contributed by atoms with Gasteiger partial charge in [0.25, 0.3) is 5.91 Å². The van der Waals surface area contributed by atoms with E-state index in [4.69, 9.17) is 15.6 Å². The van der Waals surface area contributed by atoms with Gasteiger partial charge in [-0.25, -0.2) is 19.0 Å². The molecule has 11 nitrogen and oxygen atoms in total. The Morgan fingerprint density at radius 3 is 2.50 bits per heavy atom. The molecule has 6 rings (SSSR count). The van der Waals surface area contributed by atoms with E-state index >= 15 is 4.39 Å². The minimum absolute atomic E-state index is 0.123. The average molecular weight is 652 g/mol. The van der Waals surface area contributed by atoms with Gasteiger partial charge in [-0.15, -0.1) is 0 Å². The highest BCUT2D eigenvalue weighted by Crippen LogP contribution is 2.36. The van der Waals surface area contributed by atoms with Gasteiger partial charge in [0.05, 0.1) is 11.4 Å². The Bertz CT molecular complexity index is 1870. The van der Waals surface area contributed by atoms with Gasteiger partial charge in [0, 0.05) is 55.4 Å². The number of ether oxygens (including phenoxy) is 1. The maximum atomic E-state index is 15.7. The molecule has 0 aliphatic carbocycles. The first kappa shape index (κ1) is 33.1. The van der Waals surface area contributed by atoms with Crippen LogP contribution in [0.2, 0.25) is 0 Å². The van der Waals surface area contributed by atoms with Gasteiger partial charge < -0.3 is 15.4 Å². The lowest BCUT2D eigenvalue weighted by Crippen LogP contribution is -2.60. The van der Waals surface area contributed by atoms with Gasteiger partial charge in [-0.05, 0) is 77.9 Å². The van der Waals surface area contributed by atoms with Crippen LogP contribution in [0, 0.1) is 17.1 Å². The minimum Gasteiger partial charge on any atom is -0.457 e. The van der Waals surface area contributed by atoms with E-state index < -0.39 is 11.4 Å². The molecule has 2 aromatic heterocycles. The Balaban J connectivity index is 1.27. The molecule has 2 aliphatic heterocycles. The van der Waals surface area contributed by atoms with Gasteiger partial charge in [-0.2, -0.15) is 10.4 Å². The summed E-state index contributed by atoms with van der Waals surface area (Å²) in [5.41, 5.74) is 6.96. The van der Waals surface area contributed by atoms with Gasteiger partial charge in [0.15, 0.2) is 5.65 Å². The van der Waals surface area contributed by atoms with Crippen molar-refractivity contribution < 1.29 is 13.9 Å². The van der Waals surface area contributed by atoms with Crippen molar-refractivity contribution in [2.24, 2.45) is 0 Å². The number of halogens is 1. The molecule has 3 atom stereocenters. The monoisotopic (exact) mass is 651 g/mol. The van der Waals surface area contributed by atoms with Gasteiger partial charge in [-0.3, -0.25) is 14.6 Å². The van der Waals surface area contributed by atoms with Crippen LogP contribution in [-0.4, -0.2) is 91.2 Å². The zero-order valence-electron chi connectivity index (χ0n) is 28.1. The molecule has 4 aromatic rings. The molecule has 2 N–H and O–H groups in total. The third-order valence-corrected chi connectivity index (χ3v) is 9.75. The number of piperazine rings is 1. The summed E-state index contributed by atoms with van der Waals surface area (Å²) in [5.74, 6) is 0.275. The van der Waals surface area contributed by atoms with E-state index in [1.807, 2.05) is 24.3 Å². The summed E-state index contributed by atoms with van der Waals surface area (Å²) >= 11 is 0. The van der Waals surface area contributed by atoms with E-state index in [1.54, 1.807) is 33.8 Å². The second kappa shape index (κ2) is 13.3. The van der Waals surface area contributed by atoms with Crippen LogP contribution in [0.3, 0.4) is 0 Å². The number of nitrogens with two attached hydrogens (primary N) is 1. The van der Waals surface area contributed by atoms with Gasteiger partial charge in [0.2, 0.25) is 0 Å². The van der Waals surface area contributed by atoms with Crippen molar-refractivity contribution in [2.75, 3.05) is 39.0 Å². The van der Waals surface area contributed by atoms with E-state index in [0.29, 0.717) is 66.2 Å². The predicted octanol–water partition coefficient (Wildman–Crippen LogP) is 5.42. The van der Waals surface area contributed by atoms with Crippen LogP contribution < -0.4 is 10.5 Å². The number of anilines is 1. The molecule has 48 heavy (non-hydrogen) atoms. The quantitative estimate of drug-likeness (QED) is 0.206. The number of rotatable bonds is 7. The van der Waals surface area contributed by atoms with Crippen molar-refractivity contribution in [1.29, 1.82) is 5.26 Å². The lowest BCUT2D eigenvalue weighted by Gasteiger charge is -2.48. The summed E-state index contributed by atoms with van der Waals surface area (Å²) in [6.45, 7) is 11.0. The van der Waals surface area contributed by atoms with E-state index in [1.165, 1.54) is 12.4 Å². The Hall–Kier alpha value is -4.86. The summed E-state index contributed by atoms with van der Waals surface area (Å²) in [6.07, 6.45) is 4.58. The molecule has 0 saturated carbocycles. The number of hydrogen-bond donors (Lipinski definition) is 1. The zero-order chi connectivity index (χ0) is 34.2. The van der Waals surface area contributed by atoms with Crippen molar-refractivity contribution in [2.45, 2.75) is 64.2 Å². The van der Waals surface area contributed by atoms with E-state index in [9.17, 15) is 10.1 Å². The van der Waals surface area contributed by atoms with Crippen LogP contribution in [0.4, 0.5) is 10.2 Å². The number of carbonyl (C=O) groups excluding carboxylic acids is 1. The summed E-state index contributed by atoms with van der Waals surface area (Å²) < 4.78 is 23.2. The highest BCUT2D eigenvalue weighted by atomic mass is 19.1. The lowest BCUT2D eigenvalue weighted by atomic mass is 9.94. The molecule has 4 heterocycles. The van der Waals surface area contributed by atoms with Crippen LogP contribution >= 0.6 is 0 Å². The number of amides is 1. The fourth-order valence-corrected chi connectivity index (χ4v) is 6.79. The average Bonchev–Trinajstić information content (AvgIpc) is 3.47. The lowest BCUT2D eigenvalue weighted by molar-refractivity contribution is -0.128. The minimum atomic E-state index is -0.533. The molecule has 1 amide bonds. The molecule has 2 fully saturated rings. The second-order valence-corrected chi connectivity index (χ2v) is 13.4. The van der Waals surface area contributed by atoms with Crippen molar-refractivity contribution in [3.05, 3.63) is 72.3 Å². The zero-order valence-corrected chi connectivity index (χ0v) is 28.1. The van der Waals surface area contributed by atoms with Crippen LogP contribution in [0.15, 0.2) is 66.5 Å². The highest BCUT2D eigenvalue weighted by Gasteiger charge is 2.36. The van der Waals surface area contributed by atoms with Gasteiger partial charge in [0.1, 0.15) is 46.8 Å². The first-order valence-corrected chi connectivity index (χ1v) is 16.4. The van der Waals surface area contributed by atoms with Gasteiger partial charge >= 0.3 is 0 Å². The van der Waals surface area contributed by atoms with E-state index in [0.717, 1.165) is 13.1 Å². The van der Waals surface area contributed by atoms with Crippen LogP contribution in [-0.2, 0) is 4.79 Å². The third-order valence-electron chi connectivity index (χ3n) is 9.75. The third kappa shape index (κ3) is 6.48. The Kier molecular flexibility index (Phi) is 9.18. The number of likely N-dealkylation sites (tertiary alicyclic amines) is 1. The standard InChI is InChI=1S/C36H42FN9O2/c1-23-19-45(20-24(2)43(23)5)36(3,4)17-25(18-38)35(47)44-15-9-10-26(21-44)46-34-31(33(39)40-22-41-34)32(42-46)29-14-13-28(16-30(29)37)48-27-11-7-6-8-12-27/h6-8,11-14,16-17,22-24,26H,9-10,15,19-21H2,1-5H3,(H2,39,40,41)/t23-,24?,26+/m0/s1. The van der Waals surface area contributed by atoms with Crippen LogP contribution in [0.1, 0.15) is 46.6 Å². The number of nitriles is 1. The number of likely N-dealkylation sites (N-methyl/N-ethyl adjacent to an activating group) is 1. The molecule has 2 saturated heterocycles. The topological polar surface area (TPSA) is 129 Å². The molecular weight excluding hydrogens is 609 g/mol. The maximum Gasteiger partial charge on any atom is 0.264 e. The maximum absolute atomic E-state index is 15.7. The second-order valence-electron chi connectivity index (χ2n) is 13.4. The van der Waals surface area contributed by atoms with Gasteiger partial charge in [-0.1, -0.05) is 18.2 Å². The SMILES string of the molecule is CC1CN(C(C)(C)C=C(C#N)C(=O)N2CCC[C@@H](n3nc(-c4ccc(Oc5ccccc5)cc4F)c4c(N)ncnc43)C2)C[C@H](C)N1C. The summed E-state index contributed by atoms with van der Waals surface area (Å²) in [5, 5.41) is 15.4. The number of hydrogen-bond acceptors (Lipinski definition) is 9. The number of nitrogen functional groups attached to an aromatic ring is 1. The number of benzene rings is 2. The first-order chi connectivity index (χ1) is 23.0. The van der Waals surface area contributed by atoms with E-state index in [-0.39, 0.29) is 28.9 Å². The molecule has 0 radical (unpaired) electrons. The Morgan fingerprint density at radius 2 is 1.81 bits per heavy atom. The Labute approximate surface area is 280 Å². The van der Waals surface area contributed by atoms with Crippen molar-refractivity contribution in [1.82, 2.24) is 34.4 Å². The molecule has 0 bridgehead atoms. The number of aromatic nitrogens is 4. The summed E-state index contributed by atoms with van der Waals surface area (Å²) in [4.78, 5) is 28.9. The smallest absolute Gasteiger partial charge is 0.264 e. The van der Waals surface area contributed by atoms with E-state index in [2.05, 4.69) is 60.6 Å². The highest BCUT2D eigenvalue weighted by molar-refractivity contribution is 5.99. The first-order valence-electron chi connectivity index (χ1n) is 16.4. The summed E-state index contributed by atoms with van der Waals surface area (Å²) in [7, 11) is 2.13. The molecule has 1 unspecified atom stereocenters. The molecule has 2 aromatic carbocycles. The predicted molar refractivity (Wildman–Crippen MR) is 183 cm³/mol. The number of carbonyl (C=O) groups is 1. The van der Waals surface area contributed by atoms with Crippen LogP contribution in [0.25, 0.3) is 22.3 Å². The number of piperidine rings is 1. The molecule has 2 aliphatic rings.